The quantitative estimate of drug-likeness (QED) is 0.396. The van der Waals surface area contributed by atoms with Crippen LogP contribution in [0.1, 0.15) is 12.5 Å². The Morgan fingerprint density at radius 3 is 1.65 bits per heavy atom. The maximum absolute atomic E-state index is 11.7. The second-order valence-corrected chi connectivity index (χ2v) is 9.12. The second kappa shape index (κ2) is 14.0. The molecule has 3 atom stereocenters. The number of likely N-dealkylation sites (N-methyl/N-ethyl adjacent to an activating group) is 2. The van der Waals surface area contributed by atoms with Crippen molar-refractivity contribution in [2.75, 3.05) is 72.5 Å². The first-order valence-electron chi connectivity index (χ1n) is 12.0. The van der Waals surface area contributed by atoms with Gasteiger partial charge in [0.2, 0.25) is 0 Å². The highest BCUT2D eigenvalue weighted by Gasteiger charge is 2.22. The molecule has 3 heterocycles. The third-order valence-electron chi connectivity index (χ3n) is 6.20. The Hall–Kier alpha value is -2.49. The van der Waals surface area contributed by atoms with Gasteiger partial charge in [0.25, 0.3) is 17.7 Å². The summed E-state index contributed by atoms with van der Waals surface area (Å²) < 4.78 is 0. The highest BCUT2D eigenvalue weighted by Crippen LogP contribution is 2.04. The van der Waals surface area contributed by atoms with E-state index in [-0.39, 0.29) is 17.7 Å². The molecule has 3 aliphatic heterocycles. The Bertz CT molecular complexity index is 790. The average molecular weight is 475 g/mol. The standard InChI is InChI=1S/C12H16N2O.C7H14N2O.C6H12N2O/c1-13-7-8-14(12(15)10-13)9-11-5-3-2-4-6-11;1-3-9-5-4-8(2)6-7(9)10;1-7-3-4-8(2)6(9)5-7/h2-6,13H,1,7-10H2;8H,2-6H2,1H3;7H,1,3-5H2,2H3. The Balaban J connectivity index is 0.000000189. The van der Waals surface area contributed by atoms with E-state index in [9.17, 15) is 14.4 Å². The Kier molecular flexibility index (Phi) is 11.5. The molecule has 0 saturated carbocycles. The van der Waals surface area contributed by atoms with Gasteiger partial charge in [0.15, 0.2) is 0 Å². The fraction of sp³-hybridized carbons (Fsp3) is 0.520. The van der Waals surface area contributed by atoms with Gasteiger partial charge in [0.05, 0.1) is 39.3 Å². The van der Waals surface area contributed by atoms with E-state index in [0.29, 0.717) is 19.6 Å². The first kappa shape index (κ1) is 27.8. The lowest BCUT2D eigenvalue weighted by molar-refractivity contribution is -0.848. The van der Waals surface area contributed by atoms with Crippen molar-refractivity contribution in [3.05, 3.63) is 57.0 Å². The van der Waals surface area contributed by atoms with E-state index in [0.717, 1.165) is 67.1 Å². The SMILES string of the molecule is [CH2-][NH+]1CCN(C)C(=O)C1.[CH2-][NH+]1CCN(CC)C(=O)C1.[CH2-][NH+]1CCN(Cc2ccccc2)C(=O)C1. The zero-order valence-corrected chi connectivity index (χ0v) is 20.9. The monoisotopic (exact) mass is 474 g/mol. The van der Waals surface area contributed by atoms with Crippen LogP contribution in [-0.4, -0.2) is 105 Å². The van der Waals surface area contributed by atoms with E-state index in [2.05, 4.69) is 33.3 Å². The predicted molar refractivity (Wildman–Crippen MR) is 130 cm³/mol. The van der Waals surface area contributed by atoms with Crippen molar-refractivity contribution < 1.29 is 29.1 Å². The number of benzene rings is 1. The summed E-state index contributed by atoms with van der Waals surface area (Å²) in [5, 5.41) is 0. The van der Waals surface area contributed by atoms with E-state index >= 15 is 0 Å². The third-order valence-corrected chi connectivity index (χ3v) is 6.20. The molecule has 3 N–H and O–H groups in total. The van der Waals surface area contributed by atoms with Gasteiger partial charge in [-0.15, -0.1) is 0 Å². The van der Waals surface area contributed by atoms with E-state index in [1.54, 1.807) is 4.90 Å². The minimum absolute atomic E-state index is 0.200. The number of nitrogens with one attached hydrogen (secondary N) is 3. The number of amides is 3. The van der Waals surface area contributed by atoms with Gasteiger partial charge in [0, 0.05) is 20.1 Å². The summed E-state index contributed by atoms with van der Waals surface area (Å²) in [6.07, 6.45) is 0. The van der Waals surface area contributed by atoms with Crippen LogP contribution in [0.3, 0.4) is 0 Å². The lowest BCUT2D eigenvalue weighted by Crippen LogP contribution is -3.10. The molecule has 0 bridgehead atoms. The highest BCUT2D eigenvalue weighted by molar-refractivity contribution is 5.78. The zero-order chi connectivity index (χ0) is 25.1. The Morgan fingerprint density at radius 1 is 0.735 bits per heavy atom. The largest absolute Gasteiger partial charge is 0.459 e. The molecule has 0 aromatic heterocycles. The van der Waals surface area contributed by atoms with Crippen LogP contribution in [0.25, 0.3) is 0 Å². The van der Waals surface area contributed by atoms with Gasteiger partial charge >= 0.3 is 0 Å². The van der Waals surface area contributed by atoms with Crippen LogP contribution in [0.4, 0.5) is 0 Å². The van der Waals surface area contributed by atoms with Crippen LogP contribution < -0.4 is 14.7 Å². The number of carbonyl (C=O) groups is 3. The van der Waals surface area contributed by atoms with E-state index < -0.39 is 0 Å². The summed E-state index contributed by atoms with van der Waals surface area (Å²) in [7, 11) is 13.2. The summed E-state index contributed by atoms with van der Waals surface area (Å²) in [6, 6.07) is 10.1. The van der Waals surface area contributed by atoms with Gasteiger partial charge < -0.3 is 29.4 Å². The molecule has 4 rings (SSSR count). The fourth-order valence-electron chi connectivity index (χ4n) is 3.86. The third kappa shape index (κ3) is 9.40. The van der Waals surface area contributed by atoms with Crippen LogP contribution >= 0.6 is 0 Å². The van der Waals surface area contributed by atoms with E-state index in [1.165, 1.54) is 5.56 Å². The van der Waals surface area contributed by atoms with Crippen LogP contribution in [0.2, 0.25) is 0 Å². The van der Waals surface area contributed by atoms with Gasteiger partial charge in [0.1, 0.15) is 19.6 Å². The van der Waals surface area contributed by atoms with Crippen molar-refractivity contribution in [3.8, 4) is 0 Å². The normalized spacial score (nSPS) is 25.3. The van der Waals surface area contributed by atoms with Gasteiger partial charge in [-0.25, -0.2) is 0 Å². The minimum atomic E-state index is 0.200. The molecule has 0 radical (unpaired) electrons. The van der Waals surface area contributed by atoms with Crippen molar-refractivity contribution >= 4 is 17.7 Å². The lowest BCUT2D eigenvalue weighted by atomic mass is 10.2. The topological polar surface area (TPSA) is 74.2 Å². The molecule has 3 fully saturated rings. The first-order chi connectivity index (χ1) is 16.2. The van der Waals surface area contributed by atoms with Crippen LogP contribution in [0, 0.1) is 21.1 Å². The Morgan fingerprint density at radius 2 is 1.21 bits per heavy atom. The van der Waals surface area contributed by atoms with Crippen molar-refractivity contribution in [3.63, 3.8) is 0 Å². The van der Waals surface area contributed by atoms with Gasteiger partial charge in [-0.1, -0.05) is 30.3 Å². The van der Waals surface area contributed by atoms with Crippen molar-refractivity contribution in [1.82, 2.24) is 14.7 Å². The summed E-state index contributed by atoms with van der Waals surface area (Å²) in [6.45, 7) is 10.6. The van der Waals surface area contributed by atoms with Crippen molar-refractivity contribution in [2.24, 2.45) is 0 Å². The van der Waals surface area contributed by atoms with Crippen LogP contribution in [0.5, 0.6) is 0 Å². The smallest absolute Gasteiger partial charge is 0.275 e. The number of quaternary nitrogens is 3. The maximum atomic E-state index is 11.7. The van der Waals surface area contributed by atoms with Crippen LogP contribution in [0.15, 0.2) is 30.3 Å². The zero-order valence-electron chi connectivity index (χ0n) is 20.9. The van der Waals surface area contributed by atoms with Crippen LogP contribution in [-0.2, 0) is 20.9 Å². The molecule has 1 aromatic rings. The molecule has 190 valence electrons. The molecule has 9 heteroatoms. The molecular weight excluding hydrogens is 432 g/mol. The molecule has 34 heavy (non-hydrogen) atoms. The molecular formula is C25H42N6O3. The molecule has 0 aliphatic carbocycles. The number of rotatable bonds is 3. The summed E-state index contributed by atoms with van der Waals surface area (Å²) in [4.78, 5) is 42.4. The van der Waals surface area contributed by atoms with Crippen molar-refractivity contribution in [1.29, 1.82) is 0 Å². The summed E-state index contributed by atoms with van der Waals surface area (Å²) in [5.74, 6) is 0.639. The molecule has 3 saturated heterocycles. The van der Waals surface area contributed by atoms with Gasteiger partial charge in [-0.2, -0.15) is 21.1 Å². The van der Waals surface area contributed by atoms with Gasteiger partial charge in [-0.05, 0) is 12.5 Å². The molecule has 9 nitrogen and oxygen atoms in total. The average Bonchev–Trinajstić information content (AvgIpc) is 2.80. The van der Waals surface area contributed by atoms with E-state index in [1.807, 2.05) is 42.0 Å². The number of hydrogen-bond donors (Lipinski definition) is 3. The summed E-state index contributed by atoms with van der Waals surface area (Å²) in [5.41, 5.74) is 1.19. The van der Waals surface area contributed by atoms with Crippen molar-refractivity contribution in [2.45, 2.75) is 13.5 Å². The molecule has 1 aromatic carbocycles. The molecule has 3 aliphatic rings. The molecule has 0 spiro atoms. The molecule has 3 unspecified atom stereocenters. The molecule has 3 amide bonds. The number of carbonyl (C=O) groups excluding carboxylic acids is 3. The number of hydrogen-bond acceptors (Lipinski definition) is 3. The summed E-state index contributed by atoms with van der Waals surface area (Å²) >= 11 is 0. The van der Waals surface area contributed by atoms with E-state index in [4.69, 9.17) is 0 Å². The lowest BCUT2D eigenvalue weighted by Gasteiger charge is -2.33. The highest BCUT2D eigenvalue weighted by atomic mass is 16.2. The Labute approximate surface area is 204 Å². The second-order valence-electron chi connectivity index (χ2n) is 9.12. The van der Waals surface area contributed by atoms with Gasteiger partial charge in [-0.3, -0.25) is 14.4 Å². The maximum Gasteiger partial charge on any atom is 0.275 e. The minimum Gasteiger partial charge on any atom is -0.459 e. The number of nitrogens with zero attached hydrogens (tertiary/aromatic N) is 3. The predicted octanol–water partition coefficient (Wildman–Crippen LogP) is -3.63. The number of piperazine rings is 3. The first-order valence-corrected chi connectivity index (χ1v) is 12.0. The fourth-order valence-corrected chi connectivity index (χ4v) is 3.86.